The zero-order chi connectivity index (χ0) is 24.6. The van der Waals surface area contributed by atoms with Crippen molar-refractivity contribution in [1.82, 2.24) is 10.6 Å². The Kier molecular flexibility index (Phi) is 6.66. The van der Waals surface area contributed by atoms with Crippen molar-refractivity contribution < 1.29 is 41.8 Å². The van der Waals surface area contributed by atoms with Gasteiger partial charge < -0.3 is 24.8 Å². The van der Waals surface area contributed by atoms with E-state index in [0.29, 0.717) is 22.7 Å². The van der Waals surface area contributed by atoms with Gasteiger partial charge in [-0.3, -0.25) is 14.5 Å². The van der Waals surface area contributed by atoms with Crippen molar-refractivity contribution in [3.8, 4) is 11.5 Å². The minimum atomic E-state index is -4.61. The predicted octanol–water partition coefficient (Wildman–Crippen LogP) is 2.65. The average molecular weight is 473 g/mol. The maximum atomic E-state index is 13.4. The molecule has 0 fully saturated rings. The lowest BCUT2D eigenvalue weighted by Crippen LogP contribution is -2.55. The van der Waals surface area contributed by atoms with Crippen LogP contribution < -0.4 is 25.0 Å². The maximum Gasteiger partial charge on any atom is 0.408 e. The highest BCUT2D eigenvalue weighted by Gasteiger charge is 2.44. The maximum absolute atomic E-state index is 13.4. The summed E-state index contributed by atoms with van der Waals surface area (Å²) in [7, 11) is 0. The van der Waals surface area contributed by atoms with Crippen molar-refractivity contribution in [3.05, 3.63) is 17.7 Å². The van der Waals surface area contributed by atoms with Gasteiger partial charge in [0.2, 0.25) is 18.6 Å². The summed E-state index contributed by atoms with van der Waals surface area (Å²) in [6, 6.07) is 0.756. The standard InChI is InChI=1S/C21H26F3N3O6/c1-5-12(26-19(30)33-20(2,3)4)18(29)27-13-6-7-15-16(32-10-31-15)11(13)8-14(27)17(28)25-9-21(22,23)24/h6-7,12,14H,5,8-10H2,1-4H3,(H,25,28)(H,26,30)/t12-,14+/m0/s1. The number of carbonyl (C=O) groups is 3. The topological polar surface area (TPSA) is 106 Å². The minimum absolute atomic E-state index is 0.0531. The highest BCUT2D eigenvalue weighted by atomic mass is 19.4. The number of alkyl halides is 3. The molecule has 2 aliphatic heterocycles. The SMILES string of the molecule is CC[C@H](NC(=O)OC(C)(C)C)C(=O)N1c2ccc3c(c2C[C@@H]1C(=O)NCC(F)(F)F)OCO3. The molecule has 1 aromatic rings. The van der Waals surface area contributed by atoms with E-state index in [-0.39, 0.29) is 19.6 Å². The van der Waals surface area contributed by atoms with Gasteiger partial charge in [-0.25, -0.2) is 4.79 Å². The molecule has 1 aromatic carbocycles. The molecule has 0 saturated carbocycles. The molecule has 33 heavy (non-hydrogen) atoms. The third-order valence-electron chi connectivity index (χ3n) is 4.99. The van der Waals surface area contributed by atoms with Crippen LogP contribution in [-0.2, 0) is 20.7 Å². The lowest BCUT2D eigenvalue weighted by atomic mass is 10.1. The van der Waals surface area contributed by atoms with E-state index in [4.69, 9.17) is 14.2 Å². The molecule has 0 saturated heterocycles. The fraction of sp³-hybridized carbons (Fsp3) is 0.571. The second-order valence-corrected chi connectivity index (χ2v) is 8.67. The minimum Gasteiger partial charge on any atom is -0.454 e. The molecule has 0 radical (unpaired) electrons. The summed E-state index contributed by atoms with van der Waals surface area (Å²) in [6.45, 7) is 5.05. The fourth-order valence-corrected chi connectivity index (χ4v) is 3.64. The number of fused-ring (bicyclic) bond motifs is 3. The largest absolute Gasteiger partial charge is 0.454 e. The van der Waals surface area contributed by atoms with Crippen LogP contribution in [0.4, 0.5) is 23.7 Å². The summed E-state index contributed by atoms with van der Waals surface area (Å²) >= 11 is 0. The molecule has 182 valence electrons. The van der Waals surface area contributed by atoms with Gasteiger partial charge in [0.1, 0.15) is 24.2 Å². The van der Waals surface area contributed by atoms with Crippen molar-refractivity contribution in [3.63, 3.8) is 0 Å². The van der Waals surface area contributed by atoms with Crippen molar-refractivity contribution >= 4 is 23.6 Å². The van der Waals surface area contributed by atoms with Crippen molar-refractivity contribution in [1.29, 1.82) is 0 Å². The molecule has 2 aliphatic rings. The molecule has 2 atom stereocenters. The van der Waals surface area contributed by atoms with Gasteiger partial charge in [-0.05, 0) is 39.3 Å². The number of benzene rings is 1. The quantitative estimate of drug-likeness (QED) is 0.681. The monoisotopic (exact) mass is 473 g/mol. The smallest absolute Gasteiger partial charge is 0.408 e. The summed E-state index contributed by atoms with van der Waals surface area (Å²) in [5, 5.41) is 4.32. The third-order valence-corrected chi connectivity index (χ3v) is 4.99. The number of carbonyl (C=O) groups excluding carboxylic acids is 3. The highest BCUT2D eigenvalue weighted by molar-refractivity contribution is 6.07. The normalized spacial score (nSPS) is 17.9. The molecule has 0 aliphatic carbocycles. The van der Waals surface area contributed by atoms with E-state index in [1.165, 1.54) is 6.07 Å². The molecule has 2 N–H and O–H groups in total. The first kappa shape index (κ1) is 24.5. The molecule has 0 spiro atoms. The van der Waals surface area contributed by atoms with E-state index >= 15 is 0 Å². The zero-order valence-corrected chi connectivity index (χ0v) is 18.7. The Labute approximate surface area is 188 Å². The third kappa shape index (κ3) is 5.60. The number of nitrogens with zero attached hydrogens (tertiary/aromatic N) is 1. The first-order chi connectivity index (χ1) is 15.3. The van der Waals surface area contributed by atoms with Crippen LogP contribution >= 0.6 is 0 Å². The Morgan fingerprint density at radius 2 is 1.91 bits per heavy atom. The molecule has 12 heteroatoms. The van der Waals surface area contributed by atoms with Gasteiger partial charge >= 0.3 is 12.3 Å². The first-order valence-electron chi connectivity index (χ1n) is 10.4. The van der Waals surface area contributed by atoms with Crippen molar-refractivity contribution in [2.45, 2.75) is 64.4 Å². The van der Waals surface area contributed by atoms with E-state index in [2.05, 4.69) is 5.32 Å². The van der Waals surface area contributed by atoms with Crippen molar-refractivity contribution in [2.24, 2.45) is 0 Å². The second-order valence-electron chi connectivity index (χ2n) is 8.67. The lowest BCUT2D eigenvalue weighted by Gasteiger charge is -2.29. The molecule has 0 aromatic heterocycles. The number of alkyl carbamates (subject to hydrolysis) is 1. The molecular formula is C21H26F3N3O6. The molecule has 0 unspecified atom stereocenters. The van der Waals surface area contributed by atoms with Crippen LogP contribution in [0.1, 0.15) is 39.7 Å². The number of hydrogen-bond acceptors (Lipinski definition) is 6. The van der Waals surface area contributed by atoms with Gasteiger partial charge in [-0.15, -0.1) is 0 Å². The number of amides is 3. The summed E-state index contributed by atoms with van der Waals surface area (Å²) in [5.74, 6) is -0.884. The van der Waals surface area contributed by atoms with Gasteiger partial charge in [0.25, 0.3) is 0 Å². The number of rotatable bonds is 5. The zero-order valence-electron chi connectivity index (χ0n) is 18.7. The van der Waals surface area contributed by atoms with Crippen LogP contribution in [0, 0.1) is 0 Å². The Morgan fingerprint density at radius 1 is 1.21 bits per heavy atom. The Hall–Kier alpha value is -3.18. The van der Waals surface area contributed by atoms with E-state index in [9.17, 15) is 27.6 Å². The van der Waals surface area contributed by atoms with E-state index < -0.39 is 48.3 Å². The highest BCUT2D eigenvalue weighted by Crippen LogP contribution is 2.46. The number of ether oxygens (including phenoxy) is 3. The summed E-state index contributed by atoms with van der Waals surface area (Å²) in [6.07, 6.45) is -5.35. The van der Waals surface area contributed by atoms with Crippen LogP contribution in [0.2, 0.25) is 0 Å². The molecular weight excluding hydrogens is 447 g/mol. The van der Waals surface area contributed by atoms with E-state index in [1.807, 2.05) is 5.32 Å². The van der Waals surface area contributed by atoms with Gasteiger partial charge in [-0.1, -0.05) is 6.92 Å². The van der Waals surface area contributed by atoms with Crippen LogP contribution in [-0.4, -0.2) is 55.1 Å². The predicted molar refractivity (Wildman–Crippen MR) is 110 cm³/mol. The second kappa shape index (κ2) is 8.99. The summed E-state index contributed by atoms with van der Waals surface area (Å²) in [4.78, 5) is 39.5. The fourth-order valence-electron chi connectivity index (χ4n) is 3.64. The van der Waals surface area contributed by atoms with Gasteiger partial charge in [-0.2, -0.15) is 13.2 Å². The van der Waals surface area contributed by atoms with Crippen LogP contribution in [0.3, 0.4) is 0 Å². The van der Waals surface area contributed by atoms with Gasteiger partial charge in [0.05, 0.1) is 5.69 Å². The van der Waals surface area contributed by atoms with E-state index in [0.717, 1.165) is 4.90 Å². The molecule has 9 nitrogen and oxygen atoms in total. The Bertz CT molecular complexity index is 944. The van der Waals surface area contributed by atoms with Crippen LogP contribution in [0.15, 0.2) is 12.1 Å². The molecule has 0 bridgehead atoms. The number of hydrogen-bond donors (Lipinski definition) is 2. The van der Waals surface area contributed by atoms with Crippen molar-refractivity contribution in [2.75, 3.05) is 18.2 Å². The number of halogens is 3. The van der Waals surface area contributed by atoms with Crippen LogP contribution in [0.25, 0.3) is 0 Å². The molecule has 3 amide bonds. The summed E-state index contributed by atoms with van der Waals surface area (Å²) < 4.78 is 54.0. The Morgan fingerprint density at radius 3 is 2.52 bits per heavy atom. The van der Waals surface area contributed by atoms with Gasteiger partial charge in [0, 0.05) is 12.0 Å². The Balaban J connectivity index is 1.90. The number of nitrogens with one attached hydrogen (secondary N) is 2. The summed E-state index contributed by atoms with van der Waals surface area (Å²) in [5.41, 5.74) is -0.0256. The van der Waals surface area contributed by atoms with Gasteiger partial charge in [0.15, 0.2) is 11.5 Å². The molecule has 2 heterocycles. The number of anilines is 1. The lowest BCUT2D eigenvalue weighted by molar-refractivity contribution is -0.139. The van der Waals surface area contributed by atoms with Crippen LogP contribution in [0.5, 0.6) is 11.5 Å². The van der Waals surface area contributed by atoms with E-state index in [1.54, 1.807) is 33.8 Å². The average Bonchev–Trinajstić information content (AvgIpc) is 3.31. The molecule has 3 rings (SSSR count). The first-order valence-corrected chi connectivity index (χ1v) is 10.4.